The van der Waals surface area contributed by atoms with Crippen LogP contribution in [-0.4, -0.2) is 50.0 Å². The first-order valence-corrected chi connectivity index (χ1v) is 10.1. The molecule has 1 saturated carbocycles. The number of benzene rings is 1. The van der Waals surface area contributed by atoms with Crippen LogP contribution in [0.15, 0.2) is 24.3 Å². The van der Waals surface area contributed by atoms with E-state index in [9.17, 15) is 18.0 Å². The topological polar surface area (TPSA) is 98.8 Å². The number of amides is 1. The molecule has 0 saturated heterocycles. The van der Waals surface area contributed by atoms with Gasteiger partial charge in [-0.05, 0) is 38.5 Å². The first kappa shape index (κ1) is 20.2. The zero-order valence-electron chi connectivity index (χ0n) is 15.6. The lowest BCUT2D eigenvalue weighted by molar-refractivity contribution is -0.110. The van der Waals surface area contributed by atoms with Gasteiger partial charge in [0.15, 0.2) is 9.84 Å². The van der Waals surface area contributed by atoms with Gasteiger partial charge in [-0.1, -0.05) is 19.1 Å². The number of methoxy groups -OCH3 is 1. The lowest BCUT2D eigenvalue weighted by Crippen LogP contribution is -2.45. The summed E-state index contributed by atoms with van der Waals surface area (Å²) in [6, 6.07) is 6.77. The van der Waals surface area contributed by atoms with E-state index in [2.05, 4.69) is 5.32 Å². The van der Waals surface area contributed by atoms with Gasteiger partial charge >= 0.3 is 6.09 Å². The number of sulfone groups is 1. The van der Waals surface area contributed by atoms with Crippen molar-refractivity contribution in [1.29, 1.82) is 0 Å². The quantitative estimate of drug-likeness (QED) is 0.755. The molecule has 0 unspecified atom stereocenters. The second-order valence-corrected chi connectivity index (χ2v) is 9.71. The number of hydrogen-bond acceptors (Lipinski definition) is 6. The fourth-order valence-corrected chi connectivity index (χ4v) is 5.05. The lowest BCUT2D eigenvalue weighted by Gasteiger charge is -2.22. The van der Waals surface area contributed by atoms with Crippen LogP contribution in [0.2, 0.25) is 0 Å². The highest BCUT2D eigenvalue weighted by Crippen LogP contribution is 2.55. The second kappa shape index (κ2) is 6.90. The van der Waals surface area contributed by atoms with Crippen molar-refractivity contribution >= 4 is 22.2 Å². The van der Waals surface area contributed by atoms with Crippen molar-refractivity contribution in [1.82, 2.24) is 5.32 Å². The van der Waals surface area contributed by atoms with Crippen molar-refractivity contribution in [3.63, 3.8) is 0 Å². The second-order valence-electron chi connectivity index (χ2n) is 7.30. The predicted octanol–water partition coefficient (Wildman–Crippen LogP) is 2.06. The Morgan fingerprint density at radius 1 is 1.27 bits per heavy atom. The Hall–Kier alpha value is -2.09. The van der Waals surface area contributed by atoms with Crippen molar-refractivity contribution in [2.24, 2.45) is 0 Å². The number of aldehydes is 1. The molecule has 144 valence electrons. The molecule has 2 rings (SSSR count). The average molecular weight is 383 g/mol. The molecule has 0 aliphatic heterocycles. The molecule has 1 fully saturated rings. The Morgan fingerprint density at radius 2 is 1.85 bits per heavy atom. The highest BCUT2D eigenvalue weighted by molar-refractivity contribution is 7.92. The Kier molecular flexibility index (Phi) is 5.37. The van der Waals surface area contributed by atoms with Gasteiger partial charge < -0.3 is 19.6 Å². The van der Waals surface area contributed by atoms with E-state index in [0.29, 0.717) is 17.6 Å². The van der Waals surface area contributed by atoms with E-state index in [-0.39, 0.29) is 5.75 Å². The maximum Gasteiger partial charge on any atom is 0.408 e. The molecule has 26 heavy (non-hydrogen) atoms. The Bertz CT molecular complexity index is 781. The molecule has 1 aliphatic carbocycles. The van der Waals surface area contributed by atoms with Gasteiger partial charge in [-0.25, -0.2) is 13.2 Å². The minimum atomic E-state index is -3.58. The van der Waals surface area contributed by atoms with Crippen LogP contribution in [0.4, 0.5) is 4.79 Å². The van der Waals surface area contributed by atoms with E-state index in [1.807, 2.05) is 0 Å². The number of carbonyl (C=O) groups is 2. The maximum atomic E-state index is 12.5. The van der Waals surface area contributed by atoms with Gasteiger partial charge in [0.25, 0.3) is 0 Å². The van der Waals surface area contributed by atoms with Gasteiger partial charge in [0, 0.05) is 11.7 Å². The molecular weight excluding hydrogens is 358 g/mol. The monoisotopic (exact) mass is 383 g/mol. The van der Waals surface area contributed by atoms with Crippen molar-refractivity contribution in [3.8, 4) is 5.75 Å². The number of hydrogen-bond donors (Lipinski definition) is 1. The number of alkyl carbamates (subject to hydrolysis) is 1. The maximum absolute atomic E-state index is 12.5. The predicted molar refractivity (Wildman–Crippen MR) is 97.1 cm³/mol. The lowest BCUT2D eigenvalue weighted by atomic mass is 10.1. The Morgan fingerprint density at radius 3 is 2.27 bits per heavy atom. The van der Waals surface area contributed by atoms with E-state index in [0.717, 1.165) is 0 Å². The van der Waals surface area contributed by atoms with E-state index in [1.165, 1.54) is 14.0 Å². The van der Waals surface area contributed by atoms with Crippen LogP contribution in [0.25, 0.3) is 0 Å². The third kappa shape index (κ3) is 3.85. The van der Waals surface area contributed by atoms with Crippen LogP contribution >= 0.6 is 0 Å². The van der Waals surface area contributed by atoms with Crippen molar-refractivity contribution in [2.75, 3.05) is 12.9 Å². The van der Waals surface area contributed by atoms with Gasteiger partial charge in [-0.15, -0.1) is 0 Å². The summed E-state index contributed by atoms with van der Waals surface area (Å²) in [6.45, 7) is 6.58. The van der Waals surface area contributed by atoms with E-state index < -0.39 is 38.2 Å². The molecule has 0 bridgehead atoms. The molecule has 0 spiro atoms. The molecule has 0 aromatic heterocycles. The molecule has 0 radical (unpaired) electrons. The van der Waals surface area contributed by atoms with Crippen LogP contribution in [0.5, 0.6) is 5.75 Å². The highest BCUT2D eigenvalue weighted by atomic mass is 32.2. The number of rotatable bonds is 6. The number of carbonyl (C=O) groups excluding carboxylic acids is 2. The summed E-state index contributed by atoms with van der Waals surface area (Å²) in [5, 5.41) is 1.47. The third-order valence-corrected chi connectivity index (χ3v) is 6.60. The Balaban J connectivity index is 2.39. The van der Waals surface area contributed by atoms with Crippen molar-refractivity contribution in [3.05, 3.63) is 29.8 Å². The summed E-state index contributed by atoms with van der Waals surface area (Å²) in [5.41, 5.74) is -1.67. The van der Waals surface area contributed by atoms with Crippen LogP contribution < -0.4 is 10.1 Å². The molecule has 1 aliphatic rings. The Labute approximate surface area is 154 Å². The third-order valence-electron chi connectivity index (χ3n) is 4.36. The first-order valence-electron chi connectivity index (χ1n) is 8.33. The van der Waals surface area contributed by atoms with Crippen LogP contribution in [0.3, 0.4) is 0 Å². The minimum absolute atomic E-state index is 0.129. The molecule has 1 N–H and O–H groups in total. The van der Waals surface area contributed by atoms with Crippen molar-refractivity contribution in [2.45, 2.75) is 50.0 Å². The SMILES string of the molecule is CCS(=O)(=O)[C@@H]1[C@H](c2ccc(OC)cc2)[C@]1(C=O)NC(=O)OC(C)(C)C. The molecular formula is C18H25NO6S. The van der Waals surface area contributed by atoms with E-state index >= 15 is 0 Å². The summed E-state index contributed by atoms with van der Waals surface area (Å²) in [4.78, 5) is 24.1. The fraction of sp³-hybridized carbons (Fsp3) is 0.556. The summed E-state index contributed by atoms with van der Waals surface area (Å²) in [6.07, 6.45) is -0.319. The number of ether oxygens (including phenoxy) is 2. The van der Waals surface area contributed by atoms with Gasteiger partial charge in [0.1, 0.15) is 28.4 Å². The van der Waals surface area contributed by atoms with Gasteiger partial charge in [0.05, 0.1) is 7.11 Å². The zero-order valence-corrected chi connectivity index (χ0v) is 16.4. The fourth-order valence-electron chi connectivity index (χ4n) is 3.12. The van der Waals surface area contributed by atoms with Gasteiger partial charge in [-0.2, -0.15) is 0 Å². The van der Waals surface area contributed by atoms with Crippen molar-refractivity contribution < 1.29 is 27.5 Å². The first-order chi connectivity index (χ1) is 12.0. The van der Waals surface area contributed by atoms with E-state index in [1.54, 1.807) is 45.0 Å². The summed E-state index contributed by atoms with van der Waals surface area (Å²) in [7, 11) is -2.06. The molecule has 1 aromatic carbocycles. The summed E-state index contributed by atoms with van der Waals surface area (Å²) < 4.78 is 35.4. The van der Waals surface area contributed by atoms with Gasteiger partial charge in [0.2, 0.25) is 0 Å². The van der Waals surface area contributed by atoms with Gasteiger partial charge in [-0.3, -0.25) is 0 Å². The van der Waals surface area contributed by atoms with Crippen LogP contribution in [0, 0.1) is 0 Å². The summed E-state index contributed by atoms with van der Waals surface area (Å²) in [5.74, 6) is -0.194. The van der Waals surface area contributed by atoms with E-state index in [4.69, 9.17) is 9.47 Å². The smallest absolute Gasteiger partial charge is 0.408 e. The zero-order chi connectivity index (χ0) is 19.8. The number of nitrogens with one attached hydrogen (secondary N) is 1. The average Bonchev–Trinajstić information content (AvgIpc) is 3.22. The highest BCUT2D eigenvalue weighted by Gasteiger charge is 2.72. The summed E-state index contributed by atoms with van der Waals surface area (Å²) >= 11 is 0. The molecule has 1 aromatic rings. The standard InChI is InChI=1S/C18H25NO6S/c1-6-26(22,23)15-14(12-7-9-13(24-5)10-8-12)18(15,11-20)19-16(21)25-17(2,3)4/h7-11,14-15H,6H2,1-5H3,(H,19,21)/t14-,15+,18-/m0/s1. The molecule has 1 amide bonds. The van der Waals surface area contributed by atoms with Crippen LogP contribution in [-0.2, 0) is 19.4 Å². The molecule has 8 heteroatoms. The normalized spacial score (nSPS) is 25.3. The van der Waals surface area contributed by atoms with Crippen LogP contribution in [0.1, 0.15) is 39.2 Å². The largest absolute Gasteiger partial charge is 0.497 e. The molecule has 0 heterocycles. The molecule has 3 atom stereocenters. The minimum Gasteiger partial charge on any atom is -0.497 e. The molecule has 7 nitrogen and oxygen atoms in total.